The van der Waals surface area contributed by atoms with Crippen LogP contribution in [0.4, 0.5) is 10.2 Å². The monoisotopic (exact) mass is 582 g/mol. The highest BCUT2D eigenvalue weighted by molar-refractivity contribution is 7.17. The molecular formula is C33H48FN4O2P. The van der Waals surface area contributed by atoms with Crippen LogP contribution in [0.2, 0.25) is 0 Å². The van der Waals surface area contributed by atoms with E-state index in [1.54, 1.807) is 13.1 Å². The molecule has 2 fully saturated rings. The zero-order valence-electron chi connectivity index (χ0n) is 25.3. The lowest BCUT2D eigenvalue weighted by atomic mass is 9.70. The molecule has 4 atom stereocenters. The molecule has 1 N–H and O–H groups in total. The molecule has 2 aliphatic heterocycles. The summed E-state index contributed by atoms with van der Waals surface area (Å²) in [4.78, 5) is 25.5. The number of ether oxygens (including phenoxy) is 1. The van der Waals surface area contributed by atoms with E-state index in [1.165, 1.54) is 17.7 Å². The fourth-order valence-corrected chi connectivity index (χ4v) is 7.37. The van der Waals surface area contributed by atoms with E-state index in [0.29, 0.717) is 24.4 Å². The SMILES string of the molecule is CC1(F)CC(c2ncccc2C(C(=O)OC(C)(C)C)N2CC[C@@H](C(P)CCCCc3ccc4c(n3)NCCC4)C2)C1. The van der Waals surface area contributed by atoms with Gasteiger partial charge in [0.2, 0.25) is 0 Å². The van der Waals surface area contributed by atoms with Gasteiger partial charge in [-0.1, -0.05) is 18.6 Å². The lowest BCUT2D eigenvalue weighted by Crippen LogP contribution is -2.40. The minimum Gasteiger partial charge on any atom is -0.459 e. The van der Waals surface area contributed by atoms with E-state index in [-0.39, 0.29) is 11.9 Å². The number of halogens is 1. The number of carbonyl (C=O) groups excluding carboxylic acids is 1. The molecule has 6 nitrogen and oxygen atoms in total. The Labute approximate surface area is 247 Å². The van der Waals surface area contributed by atoms with E-state index in [0.717, 1.165) is 75.2 Å². The van der Waals surface area contributed by atoms with Crippen molar-refractivity contribution in [1.29, 1.82) is 0 Å². The molecule has 1 saturated heterocycles. The molecule has 2 aromatic heterocycles. The molecule has 1 saturated carbocycles. The average Bonchev–Trinajstić information content (AvgIpc) is 3.39. The number of esters is 1. The predicted molar refractivity (Wildman–Crippen MR) is 166 cm³/mol. The first-order valence-corrected chi connectivity index (χ1v) is 16.2. The van der Waals surface area contributed by atoms with Gasteiger partial charge in [0.1, 0.15) is 23.1 Å². The summed E-state index contributed by atoms with van der Waals surface area (Å²) in [5.41, 5.74) is 3.01. The van der Waals surface area contributed by atoms with Crippen molar-refractivity contribution >= 4 is 21.0 Å². The van der Waals surface area contributed by atoms with Crippen molar-refractivity contribution in [3.63, 3.8) is 0 Å². The fourth-order valence-electron chi connectivity index (χ4n) is 6.82. The highest BCUT2D eigenvalue weighted by Gasteiger charge is 2.45. The number of aromatic nitrogens is 2. The van der Waals surface area contributed by atoms with Crippen LogP contribution >= 0.6 is 9.24 Å². The number of hydrogen-bond acceptors (Lipinski definition) is 6. The minimum absolute atomic E-state index is 0.0411. The zero-order chi connectivity index (χ0) is 29.2. The van der Waals surface area contributed by atoms with Crippen LogP contribution in [0.15, 0.2) is 30.5 Å². The smallest absolute Gasteiger partial charge is 0.328 e. The first kappa shape index (κ1) is 30.4. The van der Waals surface area contributed by atoms with E-state index < -0.39 is 17.3 Å². The number of nitrogens with zero attached hydrogens (tertiary/aromatic N) is 3. The van der Waals surface area contributed by atoms with Crippen molar-refractivity contribution in [2.24, 2.45) is 5.92 Å². The molecule has 41 heavy (non-hydrogen) atoms. The van der Waals surface area contributed by atoms with Crippen molar-refractivity contribution in [3.8, 4) is 0 Å². The second-order valence-electron chi connectivity index (χ2n) is 13.7. The first-order chi connectivity index (χ1) is 19.5. The van der Waals surface area contributed by atoms with Crippen LogP contribution < -0.4 is 5.32 Å². The molecule has 5 rings (SSSR count). The number of hydrogen-bond donors (Lipinski definition) is 1. The van der Waals surface area contributed by atoms with Crippen LogP contribution in [0.3, 0.4) is 0 Å². The number of rotatable bonds is 10. The number of aryl methyl sites for hydroxylation is 2. The topological polar surface area (TPSA) is 67.3 Å². The summed E-state index contributed by atoms with van der Waals surface area (Å²) in [6.45, 7) is 10.1. The molecule has 0 bridgehead atoms. The Hall–Kier alpha value is -2.11. The van der Waals surface area contributed by atoms with Gasteiger partial charge in [0, 0.05) is 42.2 Å². The summed E-state index contributed by atoms with van der Waals surface area (Å²) in [6.07, 6.45) is 10.4. The molecule has 3 aliphatic rings. The number of fused-ring (bicyclic) bond motifs is 1. The van der Waals surface area contributed by atoms with Gasteiger partial charge in [-0.3, -0.25) is 9.88 Å². The van der Waals surface area contributed by atoms with Crippen LogP contribution in [0.25, 0.3) is 0 Å². The Morgan fingerprint density at radius 1 is 1.27 bits per heavy atom. The number of alkyl halides is 1. The molecule has 2 aromatic rings. The van der Waals surface area contributed by atoms with E-state index in [9.17, 15) is 9.18 Å². The lowest BCUT2D eigenvalue weighted by molar-refractivity contribution is -0.161. The van der Waals surface area contributed by atoms with Gasteiger partial charge in [0.05, 0.1) is 0 Å². The highest BCUT2D eigenvalue weighted by atomic mass is 31.0. The largest absolute Gasteiger partial charge is 0.459 e. The lowest BCUT2D eigenvalue weighted by Gasteiger charge is -2.40. The second-order valence-corrected chi connectivity index (χ2v) is 14.6. The van der Waals surface area contributed by atoms with Crippen molar-refractivity contribution in [3.05, 3.63) is 53.0 Å². The quantitative estimate of drug-likeness (QED) is 0.189. The Balaban J connectivity index is 1.20. The molecule has 0 amide bonds. The molecule has 0 spiro atoms. The summed E-state index contributed by atoms with van der Waals surface area (Å²) in [7, 11) is 3.09. The van der Waals surface area contributed by atoms with Crippen molar-refractivity contribution in [2.75, 3.05) is 25.0 Å². The molecule has 1 aliphatic carbocycles. The maximum absolute atomic E-state index is 14.4. The van der Waals surface area contributed by atoms with Gasteiger partial charge in [-0.2, -0.15) is 0 Å². The molecule has 3 unspecified atom stereocenters. The number of carbonyl (C=O) groups is 1. The Morgan fingerprint density at radius 3 is 2.83 bits per heavy atom. The van der Waals surface area contributed by atoms with Crippen LogP contribution in [0.1, 0.15) is 107 Å². The molecule has 4 heterocycles. The molecular weight excluding hydrogens is 534 g/mol. The van der Waals surface area contributed by atoms with E-state index >= 15 is 0 Å². The molecule has 8 heteroatoms. The van der Waals surface area contributed by atoms with Gasteiger partial charge in [0.25, 0.3) is 0 Å². The fraction of sp³-hybridized carbons (Fsp3) is 0.667. The highest BCUT2D eigenvalue weighted by Crippen LogP contribution is 2.48. The third-order valence-electron chi connectivity index (χ3n) is 8.93. The van der Waals surface area contributed by atoms with E-state index in [1.807, 2.05) is 32.9 Å². The third-order valence-corrected chi connectivity index (χ3v) is 9.80. The number of anilines is 1. The number of pyridine rings is 2. The van der Waals surface area contributed by atoms with Crippen LogP contribution in [-0.2, 0) is 22.4 Å². The summed E-state index contributed by atoms with van der Waals surface area (Å²) < 4.78 is 20.4. The maximum Gasteiger partial charge on any atom is 0.328 e. The average molecular weight is 583 g/mol. The molecule has 0 radical (unpaired) electrons. The normalized spacial score (nSPS) is 26.0. The first-order valence-electron chi connectivity index (χ1n) is 15.6. The maximum atomic E-state index is 14.4. The summed E-state index contributed by atoms with van der Waals surface area (Å²) >= 11 is 0. The van der Waals surface area contributed by atoms with Crippen molar-refractivity contribution in [2.45, 2.75) is 114 Å². The Kier molecular flexibility index (Phi) is 9.35. The van der Waals surface area contributed by atoms with E-state index in [4.69, 9.17) is 9.72 Å². The van der Waals surface area contributed by atoms with Crippen molar-refractivity contribution < 1.29 is 13.9 Å². The van der Waals surface area contributed by atoms with E-state index in [2.05, 4.69) is 36.6 Å². The second kappa shape index (κ2) is 12.6. The van der Waals surface area contributed by atoms with Gasteiger partial charge >= 0.3 is 5.97 Å². The van der Waals surface area contributed by atoms with Crippen LogP contribution in [-0.4, -0.2) is 57.4 Å². The number of nitrogens with one attached hydrogen (secondary N) is 1. The number of unbranched alkanes of at least 4 members (excludes halogenated alkanes) is 1. The summed E-state index contributed by atoms with van der Waals surface area (Å²) in [5, 5.41) is 3.44. The summed E-state index contributed by atoms with van der Waals surface area (Å²) in [6, 6.07) is 7.81. The third kappa shape index (κ3) is 7.65. The standard InChI is InChI=1S/C33H48FN4O2P/c1-32(2,3)40-31(39)29(26-11-8-16-35-28(26)24-19-33(4,34)20-24)38-18-15-23(21-38)27(41)12-6-5-10-25-14-13-22-9-7-17-36-30(22)37-25/h8,11,13-14,16,23-24,27,29H,5-7,9-10,12,15,17-21,41H2,1-4H3,(H,36,37)/t23-,24?,27?,29?,33?/m1/s1. The van der Waals surface area contributed by atoms with Gasteiger partial charge in [-0.15, -0.1) is 9.24 Å². The van der Waals surface area contributed by atoms with Gasteiger partial charge in [-0.05, 0) is 115 Å². The van der Waals surface area contributed by atoms with Gasteiger partial charge < -0.3 is 10.1 Å². The van der Waals surface area contributed by atoms with Crippen LogP contribution in [0, 0.1) is 5.92 Å². The van der Waals surface area contributed by atoms with Gasteiger partial charge in [-0.25, -0.2) is 14.2 Å². The molecule has 224 valence electrons. The van der Waals surface area contributed by atoms with Crippen molar-refractivity contribution in [1.82, 2.24) is 14.9 Å². The Bertz CT molecular complexity index is 1210. The zero-order valence-corrected chi connectivity index (χ0v) is 26.4. The van der Waals surface area contributed by atoms with Gasteiger partial charge in [0.15, 0.2) is 0 Å². The minimum atomic E-state index is -1.15. The Morgan fingerprint density at radius 2 is 2.07 bits per heavy atom. The number of likely N-dealkylation sites (tertiary alicyclic amines) is 1. The van der Waals surface area contributed by atoms with Crippen LogP contribution in [0.5, 0.6) is 0 Å². The predicted octanol–water partition coefficient (Wildman–Crippen LogP) is 6.80. The summed E-state index contributed by atoms with van der Waals surface area (Å²) in [5.74, 6) is 1.38. The molecule has 0 aromatic carbocycles.